The summed E-state index contributed by atoms with van der Waals surface area (Å²) in [5.74, 6) is 0. The average molecular weight is 306 g/mol. The van der Waals surface area contributed by atoms with Gasteiger partial charge in [-0.1, -0.05) is 32.1 Å². The molecule has 21 heavy (non-hydrogen) atoms. The zero-order chi connectivity index (χ0) is 15.0. The van der Waals surface area contributed by atoms with Gasteiger partial charge in [0.1, 0.15) is 0 Å². The van der Waals surface area contributed by atoms with Crippen molar-refractivity contribution in [3.05, 3.63) is 24.3 Å². The Bertz CT molecular complexity index is 719. The molecule has 3 aromatic heterocycles. The summed E-state index contributed by atoms with van der Waals surface area (Å²) in [6.45, 7) is 6.95. The summed E-state index contributed by atoms with van der Waals surface area (Å²) in [5, 5.41) is 21.4. The SMILES string of the molecule is CC(C)(C)c1cn2nc(Nc3cnn(CCO)c3)sc2n1. The number of imidazole rings is 1. The first-order valence-electron chi connectivity index (χ1n) is 6.73. The molecule has 0 aliphatic heterocycles. The second kappa shape index (κ2) is 5.12. The molecule has 0 saturated heterocycles. The lowest BCUT2D eigenvalue weighted by Gasteiger charge is -2.13. The van der Waals surface area contributed by atoms with E-state index >= 15 is 0 Å². The van der Waals surface area contributed by atoms with Gasteiger partial charge in [0.05, 0.1) is 36.9 Å². The summed E-state index contributed by atoms with van der Waals surface area (Å²) in [7, 11) is 0. The summed E-state index contributed by atoms with van der Waals surface area (Å²) in [4.78, 5) is 5.47. The number of anilines is 2. The van der Waals surface area contributed by atoms with Gasteiger partial charge in [-0.2, -0.15) is 5.10 Å². The molecule has 0 bridgehead atoms. The summed E-state index contributed by atoms with van der Waals surface area (Å²) in [6, 6.07) is 0. The van der Waals surface area contributed by atoms with Crippen LogP contribution in [0.25, 0.3) is 4.96 Å². The maximum absolute atomic E-state index is 8.87. The van der Waals surface area contributed by atoms with Gasteiger partial charge in [0.25, 0.3) is 0 Å². The fourth-order valence-electron chi connectivity index (χ4n) is 1.89. The third kappa shape index (κ3) is 2.91. The maximum atomic E-state index is 8.87. The van der Waals surface area contributed by atoms with E-state index < -0.39 is 0 Å². The van der Waals surface area contributed by atoms with Crippen molar-refractivity contribution in [2.24, 2.45) is 0 Å². The summed E-state index contributed by atoms with van der Waals surface area (Å²) < 4.78 is 3.48. The molecule has 0 unspecified atom stereocenters. The van der Waals surface area contributed by atoms with Crippen molar-refractivity contribution in [3.8, 4) is 0 Å². The predicted molar refractivity (Wildman–Crippen MR) is 82.2 cm³/mol. The van der Waals surface area contributed by atoms with Gasteiger partial charge in [0.15, 0.2) is 0 Å². The summed E-state index contributed by atoms with van der Waals surface area (Å²) >= 11 is 1.49. The quantitative estimate of drug-likeness (QED) is 0.771. The van der Waals surface area contributed by atoms with Crippen molar-refractivity contribution >= 4 is 27.1 Å². The summed E-state index contributed by atoms with van der Waals surface area (Å²) in [5.41, 5.74) is 1.90. The molecule has 0 amide bonds. The molecule has 0 aliphatic carbocycles. The van der Waals surface area contributed by atoms with Gasteiger partial charge in [0.2, 0.25) is 10.1 Å². The van der Waals surface area contributed by atoms with Crippen molar-refractivity contribution in [1.82, 2.24) is 24.4 Å². The van der Waals surface area contributed by atoms with Crippen LogP contribution in [0.15, 0.2) is 18.6 Å². The molecule has 3 aromatic rings. The standard InChI is InChI=1S/C13H18N6OS/c1-13(2,3)10-8-19-12(16-10)21-11(17-19)15-9-6-14-18(7-9)4-5-20/h6-8,20H,4-5H2,1-3H3,(H,15,17). The molecule has 7 nitrogen and oxygen atoms in total. The molecule has 0 saturated carbocycles. The molecule has 0 spiro atoms. The third-order valence-corrected chi connectivity index (χ3v) is 3.86. The smallest absolute Gasteiger partial charge is 0.214 e. The van der Waals surface area contributed by atoms with E-state index in [1.54, 1.807) is 15.4 Å². The topological polar surface area (TPSA) is 80.3 Å². The van der Waals surface area contributed by atoms with Crippen molar-refractivity contribution in [2.45, 2.75) is 32.7 Å². The molecule has 3 rings (SSSR count). The van der Waals surface area contributed by atoms with Crippen LogP contribution in [0.3, 0.4) is 0 Å². The van der Waals surface area contributed by atoms with Gasteiger partial charge < -0.3 is 10.4 Å². The molecule has 0 aromatic carbocycles. The van der Waals surface area contributed by atoms with E-state index in [9.17, 15) is 0 Å². The van der Waals surface area contributed by atoms with E-state index in [-0.39, 0.29) is 12.0 Å². The van der Waals surface area contributed by atoms with E-state index in [0.29, 0.717) is 6.54 Å². The fraction of sp³-hybridized carbons (Fsp3) is 0.462. The van der Waals surface area contributed by atoms with Gasteiger partial charge >= 0.3 is 0 Å². The Morgan fingerprint density at radius 2 is 2.14 bits per heavy atom. The predicted octanol–water partition coefficient (Wildman–Crippen LogP) is 2.02. The Kier molecular flexibility index (Phi) is 3.42. The van der Waals surface area contributed by atoms with Crippen LogP contribution >= 0.6 is 11.3 Å². The molecule has 2 N–H and O–H groups in total. The highest BCUT2D eigenvalue weighted by Gasteiger charge is 2.19. The first-order chi connectivity index (χ1) is 9.95. The summed E-state index contributed by atoms with van der Waals surface area (Å²) in [6.07, 6.45) is 5.51. The molecule has 8 heteroatoms. The van der Waals surface area contributed by atoms with Crippen LogP contribution in [0, 0.1) is 0 Å². The molecule has 112 valence electrons. The van der Waals surface area contributed by atoms with Crippen LogP contribution < -0.4 is 5.32 Å². The highest BCUT2D eigenvalue weighted by Crippen LogP contribution is 2.27. The number of hydrogen-bond donors (Lipinski definition) is 2. The second-order valence-electron chi connectivity index (χ2n) is 5.85. The van der Waals surface area contributed by atoms with E-state index in [1.807, 2.05) is 12.4 Å². The highest BCUT2D eigenvalue weighted by molar-refractivity contribution is 7.20. The Hall–Kier alpha value is -1.93. The van der Waals surface area contributed by atoms with Gasteiger partial charge in [-0.15, -0.1) is 5.10 Å². The molecular formula is C13H18N6OS. The number of fused-ring (bicyclic) bond motifs is 1. The van der Waals surface area contributed by atoms with E-state index in [0.717, 1.165) is 21.5 Å². The molecule has 0 atom stereocenters. The molecule has 0 aliphatic rings. The van der Waals surface area contributed by atoms with Crippen LogP contribution in [-0.4, -0.2) is 36.1 Å². The number of hydrogen-bond acceptors (Lipinski definition) is 6. The first kappa shape index (κ1) is 14.0. The Morgan fingerprint density at radius 1 is 1.33 bits per heavy atom. The van der Waals surface area contributed by atoms with Crippen LogP contribution in [0.2, 0.25) is 0 Å². The number of rotatable bonds is 4. The zero-order valence-corrected chi connectivity index (χ0v) is 13.1. The number of nitrogens with zero attached hydrogens (tertiary/aromatic N) is 5. The van der Waals surface area contributed by atoms with Crippen LogP contribution in [0.5, 0.6) is 0 Å². The normalized spacial score (nSPS) is 12.2. The number of aromatic nitrogens is 5. The van der Waals surface area contributed by atoms with Gasteiger partial charge in [-0.3, -0.25) is 4.68 Å². The Morgan fingerprint density at radius 3 is 2.81 bits per heavy atom. The minimum atomic E-state index is 0.0203. The average Bonchev–Trinajstić information content (AvgIpc) is 3.03. The number of aliphatic hydroxyl groups is 1. The van der Waals surface area contributed by atoms with Crippen molar-refractivity contribution in [3.63, 3.8) is 0 Å². The number of nitrogens with one attached hydrogen (secondary N) is 1. The van der Waals surface area contributed by atoms with Crippen molar-refractivity contribution in [2.75, 3.05) is 11.9 Å². The van der Waals surface area contributed by atoms with Crippen molar-refractivity contribution < 1.29 is 5.11 Å². The van der Waals surface area contributed by atoms with E-state index in [2.05, 4.69) is 41.3 Å². The second-order valence-corrected chi connectivity index (χ2v) is 6.81. The van der Waals surface area contributed by atoms with Gasteiger partial charge in [0, 0.05) is 11.6 Å². The van der Waals surface area contributed by atoms with Crippen LogP contribution in [-0.2, 0) is 12.0 Å². The van der Waals surface area contributed by atoms with E-state index in [1.165, 1.54) is 11.3 Å². The van der Waals surface area contributed by atoms with Crippen molar-refractivity contribution in [1.29, 1.82) is 0 Å². The Balaban J connectivity index is 1.79. The molecular weight excluding hydrogens is 288 g/mol. The van der Waals surface area contributed by atoms with Crippen LogP contribution in [0.1, 0.15) is 26.5 Å². The fourth-order valence-corrected chi connectivity index (χ4v) is 2.69. The maximum Gasteiger partial charge on any atom is 0.214 e. The highest BCUT2D eigenvalue weighted by atomic mass is 32.1. The van der Waals surface area contributed by atoms with Gasteiger partial charge in [-0.25, -0.2) is 9.50 Å². The molecule has 0 radical (unpaired) electrons. The zero-order valence-electron chi connectivity index (χ0n) is 12.2. The third-order valence-electron chi connectivity index (χ3n) is 3.03. The first-order valence-corrected chi connectivity index (χ1v) is 7.54. The lowest BCUT2D eigenvalue weighted by molar-refractivity contribution is 0.269. The molecule has 0 fully saturated rings. The number of aliphatic hydroxyl groups excluding tert-OH is 1. The van der Waals surface area contributed by atoms with Gasteiger partial charge in [-0.05, 0) is 0 Å². The lowest BCUT2D eigenvalue weighted by Crippen LogP contribution is -2.11. The van der Waals surface area contributed by atoms with Crippen LogP contribution in [0.4, 0.5) is 10.8 Å². The monoisotopic (exact) mass is 306 g/mol. The minimum absolute atomic E-state index is 0.0203. The van der Waals surface area contributed by atoms with E-state index in [4.69, 9.17) is 5.11 Å². The Labute approximate surface area is 126 Å². The lowest BCUT2D eigenvalue weighted by atomic mass is 9.93. The minimum Gasteiger partial charge on any atom is -0.394 e. The molecule has 3 heterocycles. The largest absolute Gasteiger partial charge is 0.394 e.